The topological polar surface area (TPSA) is 72.2 Å². The van der Waals surface area contributed by atoms with Gasteiger partial charge in [0, 0.05) is 21.9 Å². The van der Waals surface area contributed by atoms with Crippen LogP contribution in [0.5, 0.6) is 0 Å². The Morgan fingerprint density at radius 2 is 1.90 bits per heavy atom. The van der Waals surface area contributed by atoms with E-state index in [2.05, 4.69) is 4.72 Å². The third-order valence-corrected chi connectivity index (χ3v) is 5.39. The Kier molecular flexibility index (Phi) is 5.10. The summed E-state index contributed by atoms with van der Waals surface area (Å²) < 4.78 is 26.7. The van der Waals surface area contributed by atoms with Crippen LogP contribution >= 0.6 is 23.6 Å². The first-order valence-corrected chi connectivity index (χ1v) is 9.15. The Bertz CT molecular complexity index is 734. The van der Waals surface area contributed by atoms with Crippen LogP contribution in [-0.2, 0) is 22.3 Å². The molecule has 0 aliphatic heterocycles. The second-order valence-electron chi connectivity index (χ2n) is 4.65. The normalized spacial score (nSPS) is 11.5. The summed E-state index contributed by atoms with van der Waals surface area (Å²) in [6.07, 6.45) is 0. The van der Waals surface area contributed by atoms with Gasteiger partial charge in [0.25, 0.3) is 0 Å². The molecular weight excluding hydrogens is 324 g/mol. The van der Waals surface area contributed by atoms with Crippen LogP contribution in [-0.4, -0.2) is 13.4 Å². The van der Waals surface area contributed by atoms with Crippen LogP contribution in [0.3, 0.4) is 0 Å². The lowest BCUT2D eigenvalue weighted by molar-refractivity contribution is 0.581. The highest BCUT2D eigenvalue weighted by Gasteiger charge is 2.12. The lowest BCUT2D eigenvalue weighted by Gasteiger charge is -2.06. The third kappa shape index (κ3) is 4.89. The zero-order valence-corrected chi connectivity index (χ0v) is 13.9. The summed E-state index contributed by atoms with van der Waals surface area (Å²) in [7, 11) is -3.36. The first-order chi connectivity index (χ1) is 9.85. The Morgan fingerprint density at radius 1 is 1.24 bits per heavy atom. The minimum Gasteiger partial charge on any atom is -0.389 e. The van der Waals surface area contributed by atoms with Gasteiger partial charge in [-0.3, -0.25) is 0 Å². The Morgan fingerprint density at radius 3 is 2.43 bits per heavy atom. The average molecular weight is 340 g/mol. The largest absolute Gasteiger partial charge is 0.389 e. The molecule has 21 heavy (non-hydrogen) atoms. The molecule has 0 aliphatic rings. The molecule has 1 heterocycles. The summed E-state index contributed by atoms with van der Waals surface area (Å²) in [6, 6.07) is 10.8. The summed E-state index contributed by atoms with van der Waals surface area (Å²) in [6.45, 7) is 2.32. The number of hydrogen-bond donors (Lipinski definition) is 2. The van der Waals surface area contributed by atoms with Crippen LogP contribution in [0, 0.1) is 6.92 Å². The summed E-state index contributed by atoms with van der Waals surface area (Å²) >= 11 is 6.45. The molecule has 0 atom stereocenters. The van der Waals surface area contributed by atoms with Gasteiger partial charge in [-0.25, -0.2) is 13.1 Å². The van der Waals surface area contributed by atoms with E-state index in [1.54, 1.807) is 35.6 Å². The minimum atomic E-state index is -3.36. The van der Waals surface area contributed by atoms with Crippen LogP contribution in [0.2, 0.25) is 0 Å². The molecule has 2 rings (SSSR count). The van der Waals surface area contributed by atoms with Crippen LogP contribution in [0.1, 0.15) is 20.9 Å². The molecule has 2 aromatic rings. The zero-order chi connectivity index (χ0) is 15.5. The smallest absolute Gasteiger partial charge is 0.216 e. The molecule has 112 valence electrons. The van der Waals surface area contributed by atoms with Crippen LogP contribution < -0.4 is 10.5 Å². The molecule has 0 fully saturated rings. The lowest BCUT2D eigenvalue weighted by atomic mass is 10.1. The highest BCUT2D eigenvalue weighted by Crippen LogP contribution is 2.15. The van der Waals surface area contributed by atoms with Gasteiger partial charge in [-0.2, -0.15) is 0 Å². The monoisotopic (exact) mass is 340 g/mol. The molecule has 3 N–H and O–H groups in total. The quantitative estimate of drug-likeness (QED) is 0.792. The number of sulfonamides is 1. The van der Waals surface area contributed by atoms with Crippen molar-refractivity contribution < 1.29 is 8.42 Å². The molecule has 1 aromatic carbocycles. The number of hydrogen-bond acceptors (Lipinski definition) is 4. The van der Waals surface area contributed by atoms with E-state index < -0.39 is 10.0 Å². The Hall–Kier alpha value is -1.28. The van der Waals surface area contributed by atoms with Crippen molar-refractivity contribution in [1.82, 2.24) is 4.72 Å². The molecule has 0 bridgehead atoms. The number of nitrogens with one attached hydrogen (secondary N) is 1. The van der Waals surface area contributed by atoms with Crippen molar-refractivity contribution >= 4 is 38.6 Å². The second-order valence-corrected chi connectivity index (χ2v) is 8.27. The van der Waals surface area contributed by atoms with Crippen molar-refractivity contribution in [3.63, 3.8) is 0 Å². The summed E-state index contributed by atoms with van der Waals surface area (Å²) in [5.41, 5.74) is 6.94. The first kappa shape index (κ1) is 16.1. The highest BCUT2D eigenvalue weighted by molar-refractivity contribution is 7.88. The van der Waals surface area contributed by atoms with Gasteiger partial charge in [-0.05, 0) is 24.6 Å². The molecule has 7 heteroatoms. The van der Waals surface area contributed by atoms with E-state index in [-0.39, 0.29) is 5.75 Å². The van der Waals surface area contributed by atoms with Crippen molar-refractivity contribution in [2.45, 2.75) is 19.2 Å². The maximum absolute atomic E-state index is 12.0. The van der Waals surface area contributed by atoms with Crippen LogP contribution in [0.15, 0.2) is 36.4 Å². The van der Waals surface area contributed by atoms with E-state index in [9.17, 15) is 8.42 Å². The van der Waals surface area contributed by atoms with Gasteiger partial charge in [0.15, 0.2) is 0 Å². The van der Waals surface area contributed by atoms with Gasteiger partial charge < -0.3 is 5.73 Å². The van der Waals surface area contributed by atoms with Gasteiger partial charge in [0.05, 0.1) is 5.75 Å². The minimum absolute atomic E-state index is 0.0605. The van der Waals surface area contributed by atoms with Crippen molar-refractivity contribution in [2.75, 3.05) is 0 Å². The molecular formula is C14H16N2O2S3. The van der Waals surface area contributed by atoms with Crippen molar-refractivity contribution in [1.29, 1.82) is 0 Å². The average Bonchev–Trinajstić information content (AvgIpc) is 2.83. The number of aryl methyl sites for hydroxylation is 1. The van der Waals surface area contributed by atoms with E-state index in [1.165, 1.54) is 0 Å². The fourth-order valence-electron chi connectivity index (χ4n) is 1.80. The van der Waals surface area contributed by atoms with E-state index in [4.69, 9.17) is 18.0 Å². The lowest BCUT2D eigenvalue weighted by Crippen LogP contribution is -2.24. The molecule has 0 unspecified atom stereocenters. The zero-order valence-electron chi connectivity index (χ0n) is 11.5. The molecule has 0 saturated heterocycles. The van der Waals surface area contributed by atoms with Gasteiger partial charge in [0.2, 0.25) is 10.0 Å². The molecule has 0 radical (unpaired) electrons. The Balaban J connectivity index is 1.98. The first-order valence-electron chi connectivity index (χ1n) is 6.27. The highest BCUT2D eigenvalue weighted by atomic mass is 32.2. The Labute approximate surface area is 134 Å². The molecule has 1 aromatic heterocycles. The summed E-state index contributed by atoms with van der Waals surface area (Å²) in [5, 5.41) is 0. The second kappa shape index (κ2) is 6.65. The summed E-state index contributed by atoms with van der Waals surface area (Å²) in [5.74, 6) is -0.0605. The number of benzene rings is 1. The van der Waals surface area contributed by atoms with E-state index >= 15 is 0 Å². The molecule has 4 nitrogen and oxygen atoms in total. The maximum atomic E-state index is 12.0. The van der Waals surface area contributed by atoms with Crippen molar-refractivity contribution in [3.05, 3.63) is 57.3 Å². The fraction of sp³-hybridized carbons (Fsp3) is 0.214. The number of thiocarbonyl (C=S) groups is 1. The number of rotatable bonds is 6. The predicted molar refractivity (Wildman–Crippen MR) is 90.8 cm³/mol. The summed E-state index contributed by atoms with van der Waals surface area (Å²) in [4.78, 5) is 2.47. The van der Waals surface area contributed by atoms with Gasteiger partial charge in [-0.15, -0.1) is 11.3 Å². The molecule has 0 amide bonds. The predicted octanol–water partition coefficient (Wildman–Crippen LogP) is 2.31. The van der Waals surface area contributed by atoms with Crippen molar-refractivity contribution in [3.8, 4) is 0 Å². The standard InChI is InChI=1S/C14H16N2O2S3/c1-10-2-7-13(20-10)8-16-21(17,18)9-11-3-5-12(6-4-11)14(15)19/h2-7,16H,8-9H2,1H3,(H2,15,19). The number of nitrogens with two attached hydrogens (primary N) is 1. The van der Waals surface area contributed by atoms with Gasteiger partial charge >= 0.3 is 0 Å². The van der Waals surface area contributed by atoms with Crippen molar-refractivity contribution in [2.24, 2.45) is 5.73 Å². The van der Waals surface area contributed by atoms with E-state index in [1.807, 2.05) is 19.1 Å². The molecule has 0 aliphatic carbocycles. The molecule has 0 spiro atoms. The van der Waals surface area contributed by atoms with Gasteiger partial charge in [0.1, 0.15) is 4.99 Å². The van der Waals surface area contributed by atoms with E-state index in [0.717, 1.165) is 15.3 Å². The van der Waals surface area contributed by atoms with Crippen LogP contribution in [0.25, 0.3) is 0 Å². The van der Waals surface area contributed by atoms with Crippen LogP contribution in [0.4, 0.5) is 0 Å². The molecule has 0 saturated carbocycles. The SMILES string of the molecule is Cc1ccc(CNS(=O)(=O)Cc2ccc(C(N)=S)cc2)s1. The van der Waals surface area contributed by atoms with E-state index in [0.29, 0.717) is 17.1 Å². The maximum Gasteiger partial charge on any atom is 0.216 e. The fourth-order valence-corrected chi connectivity index (χ4v) is 3.96. The third-order valence-electron chi connectivity index (χ3n) is 2.86. The van der Waals surface area contributed by atoms with Gasteiger partial charge in [-0.1, -0.05) is 36.5 Å². The number of thiophene rings is 1.